The third-order valence-corrected chi connectivity index (χ3v) is 3.25. The monoisotopic (exact) mass is 295 g/mol. The number of hydrogen-bond acceptors (Lipinski definition) is 5. The van der Waals surface area contributed by atoms with Crippen LogP contribution in [0, 0.1) is 0 Å². The molecule has 0 aliphatic rings. The highest BCUT2D eigenvalue weighted by Crippen LogP contribution is 2.20. The van der Waals surface area contributed by atoms with Crippen LogP contribution < -0.4 is 4.74 Å². The molecule has 0 aromatic heterocycles. The van der Waals surface area contributed by atoms with Gasteiger partial charge in [0, 0.05) is 12.6 Å². The summed E-state index contributed by atoms with van der Waals surface area (Å²) in [5.74, 6) is 0.428. The normalized spacial score (nSPS) is 12.5. The van der Waals surface area contributed by atoms with E-state index in [1.165, 1.54) is 0 Å². The van der Waals surface area contributed by atoms with Gasteiger partial charge in [-0.1, -0.05) is 12.1 Å². The zero-order chi connectivity index (χ0) is 15.8. The van der Waals surface area contributed by atoms with Crippen LogP contribution in [0.25, 0.3) is 0 Å². The topological polar surface area (TPSA) is 59.0 Å². The van der Waals surface area contributed by atoms with Crippen LogP contribution in [0.15, 0.2) is 24.3 Å². The van der Waals surface area contributed by atoms with E-state index in [4.69, 9.17) is 9.47 Å². The second-order valence-electron chi connectivity index (χ2n) is 5.12. The fourth-order valence-corrected chi connectivity index (χ4v) is 2.01. The van der Waals surface area contributed by atoms with Crippen LogP contribution in [0.4, 0.5) is 0 Å². The molecule has 5 nitrogen and oxygen atoms in total. The van der Waals surface area contributed by atoms with Crippen molar-refractivity contribution in [1.82, 2.24) is 4.90 Å². The van der Waals surface area contributed by atoms with E-state index >= 15 is 0 Å². The van der Waals surface area contributed by atoms with Crippen LogP contribution in [0.1, 0.15) is 32.4 Å². The molecule has 0 saturated carbocycles. The molecule has 0 spiro atoms. The van der Waals surface area contributed by atoms with Gasteiger partial charge in [0.1, 0.15) is 5.75 Å². The van der Waals surface area contributed by atoms with Crippen molar-refractivity contribution in [3.8, 4) is 5.75 Å². The summed E-state index contributed by atoms with van der Waals surface area (Å²) in [7, 11) is 1.59. The predicted octanol–water partition coefficient (Wildman–Crippen LogP) is 2.00. The van der Waals surface area contributed by atoms with E-state index in [1.54, 1.807) is 20.1 Å². The lowest BCUT2D eigenvalue weighted by atomic mass is 10.1. The summed E-state index contributed by atoms with van der Waals surface area (Å²) in [6, 6.07) is 7.44. The number of esters is 1. The molecule has 0 bridgehead atoms. The van der Waals surface area contributed by atoms with Crippen LogP contribution in [-0.2, 0) is 9.53 Å². The van der Waals surface area contributed by atoms with E-state index in [-0.39, 0.29) is 18.6 Å². The third kappa shape index (κ3) is 5.73. The number of rotatable bonds is 8. The first-order chi connectivity index (χ1) is 9.97. The van der Waals surface area contributed by atoms with Gasteiger partial charge in [-0.25, -0.2) is 0 Å². The Bertz CT molecular complexity index is 448. The lowest BCUT2D eigenvalue weighted by Crippen LogP contribution is -2.39. The minimum absolute atomic E-state index is 0.134. The van der Waals surface area contributed by atoms with Crippen molar-refractivity contribution in [2.75, 3.05) is 26.8 Å². The molecular formula is C16H25NO4. The Morgan fingerprint density at radius 1 is 1.38 bits per heavy atom. The van der Waals surface area contributed by atoms with E-state index in [0.29, 0.717) is 18.9 Å². The van der Waals surface area contributed by atoms with Gasteiger partial charge in [-0.05, 0) is 38.5 Å². The lowest BCUT2D eigenvalue weighted by Gasteiger charge is -2.28. The maximum atomic E-state index is 11.6. The van der Waals surface area contributed by atoms with Gasteiger partial charge in [0.2, 0.25) is 0 Å². The van der Waals surface area contributed by atoms with Crippen molar-refractivity contribution >= 4 is 5.97 Å². The molecular weight excluding hydrogens is 270 g/mol. The smallest absolute Gasteiger partial charge is 0.320 e. The Morgan fingerprint density at radius 2 is 2.10 bits per heavy atom. The zero-order valence-electron chi connectivity index (χ0n) is 13.2. The van der Waals surface area contributed by atoms with Gasteiger partial charge in [-0.3, -0.25) is 9.69 Å². The molecule has 1 atom stereocenters. The summed E-state index contributed by atoms with van der Waals surface area (Å²) in [4.78, 5) is 13.5. The molecule has 0 saturated heterocycles. The number of hydrogen-bond donors (Lipinski definition) is 1. The van der Waals surface area contributed by atoms with E-state index in [9.17, 15) is 9.90 Å². The molecule has 1 aromatic carbocycles. The van der Waals surface area contributed by atoms with Crippen LogP contribution in [-0.4, -0.2) is 48.8 Å². The molecule has 0 radical (unpaired) electrons. The maximum absolute atomic E-state index is 11.6. The van der Waals surface area contributed by atoms with Crippen molar-refractivity contribution < 1.29 is 19.4 Å². The highest BCUT2D eigenvalue weighted by atomic mass is 16.5. The van der Waals surface area contributed by atoms with Crippen molar-refractivity contribution in [3.63, 3.8) is 0 Å². The Labute approximate surface area is 126 Å². The number of ether oxygens (including phenoxy) is 2. The number of benzene rings is 1. The van der Waals surface area contributed by atoms with Gasteiger partial charge < -0.3 is 14.6 Å². The van der Waals surface area contributed by atoms with Gasteiger partial charge in [0.15, 0.2) is 0 Å². The van der Waals surface area contributed by atoms with E-state index in [0.717, 1.165) is 5.56 Å². The molecule has 0 amide bonds. The molecule has 118 valence electrons. The van der Waals surface area contributed by atoms with Gasteiger partial charge in [-0.2, -0.15) is 0 Å². The number of carbonyl (C=O) groups is 1. The molecule has 0 aliphatic heterocycles. The average molecular weight is 295 g/mol. The number of nitrogens with zero attached hydrogens (tertiary/aromatic N) is 1. The van der Waals surface area contributed by atoms with E-state index in [2.05, 4.69) is 0 Å². The van der Waals surface area contributed by atoms with Gasteiger partial charge >= 0.3 is 5.97 Å². The van der Waals surface area contributed by atoms with Crippen LogP contribution in [0.5, 0.6) is 5.75 Å². The largest absolute Gasteiger partial charge is 0.497 e. The average Bonchev–Trinajstić information content (AvgIpc) is 2.46. The third-order valence-electron chi connectivity index (χ3n) is 3.25. The van der Waals surface area contributed by atoms with Crippen molar-refractivity contribution in [2.45, 2.75) is 32.9 Å². The maximum Gasteiger partial charge on any atom is 0.320 e. The quantitative estimate of drug-likeness (QED) is 0.743. The second kappa shape index (κ2) is 8.64. The Balaban J connectivity index is 2.71. The number of carbonyl (C=O) groups excluding carboxylic acids is 1. The molecule has 21 heavy (non-hydrogen) atoms. The second-order valence-corrected chi connectivity index (χ2v) is 5.12. The molecule has 1 rings (SSSR count). The minimum Gasteiger partial charge on any atom is -0.497 e. The van der Waals surface area contributed by atoms with Crippen LogP contribution in [0.3, 0.4) is 0 Å². The Hall–Kier alpha value is -1.59. The molecule has 0 aliphatic carbocycles. The zero-order valence-corrected chi connectivity index (χ0v) is 13.2. The number of aliphatic hydroxyl groups is 1. The predicted molar refractivity (Wildman–Crippen MR) is 81.3 cm³/mol. The van der Waals surface area contributed by atoms with Gasteiger partial charge in [0.05, 0.1) is 26.4 Å². The first-order valence-electron chi connectivity index (χ1n) is 7.19. The van der Waals surface area contributed by atoms with Gasteiger partial charge in [0.25, 0.3) is 0 Å². The number of aliphatic hydroxyl groups excluding tert-OH is 1. The molecule has 5 heteroatoms. The van der Waals surface area contributed by atoms with E-state index < -0.39 is 6.10 Å². The number of methoxy groups -OCH3 is 1. The first-order valence-corrected chi connectivity index (χ1v) is 7.19. The Morgan fingerprint density at radius 3 is 2.67 bits per heavy atom. The highest BCUT2D eigenvalue weighted by Gasteiger charge is 2.19. The standard InChI is InChI=1S/C16H25NO4/c1-5-21-16(19)11-17(12(2)3)10-15(18)13-7-6-8-14(9-13)20-4/h6-9,12,15,18H,5,10-11H2,1-4H3. The first kappa shape index (κ1) is 17.5. The van der Waals surface area contributed by atoms with Crippen LogP contribution in [0.2, 0.25) is 0 Å². The Kier molecular flexibility index (Phi) is 7.19. The lowest BCUT2D eigenvalue weighted by molar-refractivity contribution is -0.145. The molecule has 0 fully saturated rings. The summed E-state index contributed by atoms with van der Waals surface area (Å²) >= 11 is 0. The summed E-state index contributed by atoms with van der Waals surface area (Å²) < 4.78 is 10.1. The molecule has 1 aromatic rings. The molecule has 0 heterocycles. The van der Waals surface area contributed by atoms with Crippen molar-refractivity contribution in [1.29, 1.82) is 0 Å². The van der Waals surface area contributed by atoms with Crippen LogP contribution >= 0.6 is 0 Å². The summed E-state index contributed by atoms with van der Waals surface area (Å²) in [6.45, 7) is 6.65. The van der Waals surface area contributed by atoms with Gasteiger partial charge in [-0.15, -0.1) is 0 Å². The minimum atomic E-state index is -0.683. The SMILES string of the molecule is CCOC(=O)CN(CC(O)c1cccc(OC)c1)C(C)C. The fourth-order valence-electron chi connectivity index (χ4n) is 2.01. The summed E-state index contributed by atoms with van der Waals surface area (Å²) in [5, 5.41) is 10.4. The summed E-state index contributed by atoms with van der Waals surface area (Å²) in [6.07, 6.45) is -0.683. The highest BCUT2D eigenvalue weighted by molar-refractivity contribution is 5.71. The summed E-state index contributed by atoms with van der Waals surface area (Å²) in [5.41, 5.74) is 0.767. The van der Waals surface area contributed by atoms with Crippen molar-refractivity contribution in [3.05, 3.63) is 29.8 Å². The fraction of sp³-hybridized carbons (Fsp3) is 0.562. The van der Waals surface area contributed by atoms with Crippen molar-refractivity contribution in [2.24, 2.45) is 0 Å². The molecule has 1 N–H and O–H groups in total. The molecule has 1 unspecified atom stereocenters. The van der Waals surface area contributed by atoms with E-state index in [1.807, 2.05) is 36.9 Å².